The van der Waals surface area contributed by atoms with Gasteiger partial charge in [-0.25, -0.2) is 9.89 Å². The van der Waals surface area contributed by atoms with Gasteiger partial charge in [-0.1, -0.05) is 30.3 Å². The van der Waals surface area contributed by atoms with Gasteiger partial charge in [-0.3, -0.25) is 4.79 Å². The zero-order valence-electron chi connectivity index (χ0n) is 14.9. The maximum absolute atomic E-state index is 12.2. The number of H-pyrrole nitrogens is 1. The topological polar surface area (TPSA) is 98.6 Å². The predicted molar refractivity (Wildman–Crippen MR) is 99.4 cm³/mol. The van der Waals surface area contributed by atoms with E-state index in [0.29, 0.717) is 17.1 Å². The minimum Gasteiger partial charge on any atom is -0.493 e. The summed E-state index contributed by atoms with van der Waals surface area (Å²) >= 11 is 0. The second-order valence-electron chi connectivity index (χ2n) is 5.68. The summed E-state index contributed by atoms with van der Waals surface area (Å²) < 4.78 is 11.8. The molecule has 0 aliphatic carbocycles. The highest BCUT2D eigenvalue weighted by atomic mass is 16.6. The van der Waals surface area contributed by atoms with E-state index < -0.39 is 11.7 Å². The van der Waals surface area contributed by atoms with E-state index in [4.69, 9.17) is 9.47 Å². The van der Waals surface area contributed by atoms with E-state index in [-0.39, 0.29) is 12.2 Å². The van der Waals surface area contributed by atoms with Gasteiger partial charge in [-0.05, 0) is 36.2 Å². The highest BCUT2D eigenvalue weighted by molar-refractivity contribution is 5.82. The minimum absolute atomic E-state index is 0.145. The number of nitrogens with zero attached hydrogens (tertiary/aromatic N) is 3. The number of nitrogens with one attached hydrogen (secondary N) is 1. The quantitative estimate of drug-likeness (QED) is 0.408. The molecule has 1 heterocycles. The molecule has 0 atom stereocenters. The van der Waals surface area contributed by atoms with Crippen LogP contribution in [-0.2, 0) is 11.2 Å². The summed E-state index contributed by atoms with van der Waals surface area (Å²) in [5, 5.41) is 10.2. The highest BCUT2D eigenvalue weighted by Gasteiger charge is 2.12. The number of aromatic nitrogens is 3. The Labute approximate surface area is 155 Å². The average Bonchev–Trinajstić information content (AvgIpc) is 2.99. The van der Waals surface area contributed by atoms with Gasteiger partial charge in [0.25, 0.3) is 0 Å². The zero-order valence-corrected chi connectivity index (χ0v) is 14.9. The van der Waals surface area contributed by atoms with Crippen LogP contribution in [0.1, 0.15) is 17.0 Å². The Morgan fingerprint density at radius 1 is 1.22 bits per heavy atom. The molecule has 0 fully saturated rings. The van der Waals surface area contributed by atoms with Crippen molar-refractivity contribution in [2.45, 2.75) is 13.3 Å². The van der Waals surface area contributed by atoms with Crippen molar-refractivity contribution in [2.24, 2.45) is 5.10 Å². The molecule has 0 spiro atoms. The van der Waals surface area contributed by atoms with E-state index in [1.165, 1.54) is 13.3 Å². The Balaban J connectivity index is 1.79. The molecule has 0 saturated heterocycles. The molecule has 0 aliphatic heterocycles. The van der Waals surface area contributed by atoms with Gasteiger partial charge >= 0.3 is 11.7 Å². The molecule has 1 aromatic heterocycles. The molecular weight excluding hydrogens is 348 g/mol. The van der Waals surface area contributed by atoms with Crippen molar-refractivity contribution in [1.82, 2.24) is 14.9 Å². The molecule has 0 amide bonds. The molecule has 0 saturated carbocycles. The fraction of sp³-hybridized carbons (Fsp3) is 0.158. The van der Waals surface area contributed by atoms with E-state index in [2.05, 4.69) is 15.3 Å². The third-order valence-corrected chi connectivity index (χ3v) is 3.74. The van der Waals surface area contributed by atoms with Crippen LogP contribution in [0, 0.1) is 6.92 Å². The molecule has 138 valence electrons. The molecule has 2 aromatic carbocycles. The minimum atomic E-state index is -0.438. The number of esters is 1. The van der Waals surface area contributed by atoms with Crippen molar-refractivity contribution in [3.05, 3.63) is 76.0 Å². The van der Waals surface area contributed by atoms with Crippen LogP contribution in [-0.4, -0.2) is 34.2 Å². The molecule has 27 heavy (non-hydrogen) atoms. The molecule has 0 bridgehead atoms. The Hall–Kier alpha value is -3.68. The van der Waals surface area contributed by atoms with Crippen molar-refractivity contribution < 1.29 is 14.3 Å². The second kappa shape index (κ2) is 8.13. The standard InChI is InChI=1S/C19H18N4O4/c1-13-21-22-19(25)23(13)20-12-15-8-9-16(26-2)17(10-15)27-18(24)11-14-6-4-3-5-7-14/h3-10,12H,11H2,1-2H3,(H,22,25)/b20-12+. The summed E-state index contributed by atoms with van der Waals surface area (Å²) in [5.74, 6) is 0.721. The number of hydrogen-bond donors (Lipinski definition) is 1. The van der Waals surface area contributed by atoms with Crippen LogP contribution in [0.3, 0.4) is 0 Å². The van der Waals surface area contributed by atoms with Gasteiger partial charge in [0.2, 0.25) is 0 Å². The number of hydrogen-bond acceptors (Lipinski definition) is 6. The number of methoxy groups -OCH3 is 1. The Morgan fingerprint density at radius 2 is 2.00 bits per heavy atom. The van der Waals surface area contributed by atoms with Gasteiger partial charge in [0.1, 0.15) is 0 Å². The molecule has 0 unspecified atom stereocenters. The lowest BCUT2D eigenvalue weighted by atomic mass is 10.1. The van der Waals surface area contributed by atoms with Gasteiger partial charge in [0.05, 0.1) is 19.7 Å². The summed E-state index contributed by atoms with van der Waals surface area (Å²) in [6.45, 7) is 1.65. The third-order valence-electron chi connectivity index (χ3n) is 3.74. The predicted octanol–water partition coefficient (Wildman–Crippen LogP) is 1.92. The maximum Gasteiger partial charge on any atom is 0.364 e. The van der Waals surface area contributed by atoms with Gasteiger partial charge in [-0.2, -0.15) is 14.9 Å². The largest absolute Gasteiger partial charge is 0.493 e. The number of rotatable bonds is 6. The van der Waals surface area contributed by atoms with E-state index >= 15 is 0 Å². The van der Waals surface area contributed by atoms with Gasteiger partial charge in [0, 0.05) is 0 Å². The fourth-order valence-corrected chi connectivity index (χ4v) is 2.41. The summed E-state index contributed by atoms with van der Waals surface area (Å²) in [7, 11) is 1.49. The zero-order chi connectivity index (χ0) is 19.2. The molecular formula is C19H18N4O4. The Bertz CT molecular complexity index is 1020. The molecule has 0 aliphatic rings. The van der Waals surface area contributed by atoms with E-state index in [1.807, 2.05) is 30.3 Å². The van der Waals surface area contributed by atoms with Crippen molar-refractivity contribution >= 4 is 12.2 Å². The van der Waals surface area contributed by atoms with E-state index in [1.54, 1.807) is 25.1 Å². The smallest absolute Gasteiger partial charge is 0.364 e. The fourth-order valence-electron chi connectivity index (χ4n) is 2.41. The number of ether oxygens (including phenoxy) is 2. The van der Waals surface area contributed by atoms with Crippen LogP contribution in [0.2, 0.25) is 0 Å². The Morgan fingerprint density at radius 3 is 2.67 bits per heavy atom. The lowest BCUT2D eigenvalue weighted by Gasteiger charge is -2.10. The summed E-state index contributed by atoms with van der Waals surface area (Å²) in [5.41, 5.74) is 1.05. The molecule has 8 heteroatoms. The van der Waals surface area contributed by atoms with E-state index in [0.717, 1.165) is 10.2 Å². The van der Waals surface area contributed by atoms with Gasteiger partial charge < -0.3 is 9.47 Å². The van der Waals surface area contributed by atoms with Gasteiger partial charge in [-0.15, -0.1) is 0 Å². The first kappa shape index (κ1) is 18.1. The van der Waals surface area contributed by atoms with Crippen LogP contribution in [0.25, 0.3) is 0 Å². The molecule has 3 aromatic rings. The van der Waals surface area contributed by atoms with Crippen molar-refractivity contribution in [1.29, 1.82) is 0 Å². The van der Waals surface area contributed by atoms with Crippen LogP contribution in [0.4, 0.5) is 0 Å². The monoisotopic (exact) mass is 366 g/mol. The Kier molecular flexibility index (Phi) is 5.46. The van der Waals surface area contributed by atoms with Crippen LogP contribution in [0.15, 0.2) is 58.4 Å². The number of aryl methyl sites for hydroxylation is 1. The lowest BCUT2D eigenvalue weighted by molar-refractivity contribution is -0.133. The highest BCUT2D eigenvalue weighted by Crippen LogP contribution is 2.28. The average molecular weight is 366 g/mol. The number of carbonyl (C=O) groups excluding carboxylic acids is 1. The molecule has 3 rings (SSSR count). The first-order valence-corrected chi connectivity index (χ1v) is 8.18. The van der Waals surface area contributed by atoms with Crippen molar-refractivity contribution in [3.8, 4) is 11.5 Å². The number of benzene rings is 2. The first-order valence-electron chi connectivity index (χ1n) is 8.18. The van der Waals surface area contributed by atoms with Crippen LogP contribution < -0.4 is 15.2 Å². The van der Waals surface area contributed by atoms with Crippen LogP contribution in [0.5, 0.6) is 11.5 Å². The lowest BCUT2D eigenvalue weighted by Crippen LogP contribution is -2.14. The molecule has 8 nitrogen and oxygen atoms in total. The number of aromatic amines is 1. The summed E-state index contributed by atoms with van der Waals surface area (Å²) in [6.07, 6.45) is 1.61. The molecule has 0 radical (unpaired) electrons. The maximum atomic E-state index is 12.2. The second-order valence-corrected chi connectivity index (χ2v) is 5.68. The third kappa shape index (κ3) is 4.49. The summed E-state index contributed by atoms with van der Waals surface area (Å²) in [4.78, 5) is 23.8. The first-order chi connectivity index (χ1) is 13.1. The molecule has 1 N–H and O–H groups in total. The number of carbonyl (C=O) groups is 1. The van der Waals surface area contributed by atoms with Crippen LogP contribution >= 0.6 is 0 Å². The van der Waals surface area contributed by atoms with Crippen molar-refractivity contribution in [3.63, 3.8) is 0 Å². The van der Waals surface area contributed by atoms with Crippen molar-refractivity contribution in [2.75, 3.05) is 7.11 Å². The van der Waals surface area contributed by atoms with E-state index in [9.17, 15) is 9.59 Å². The summed E-state index contributed by atoms with van der Waals surface area (Å²) in [6, 6.07) is 14.3. The SMILES string of the molecule is COc1ccc(/C=N/n2c(C)n[nH]c2=O)cc1OC(=O)Cc1ccccc1. The normalized spacial score (nSPS) is 10.9. The van der Waals surface area contributed by atoms with Gasteiger partial charge in [0.15, 0.2) is 17.3 Å².